The van der Waals surface area contributed by atoms with Gasteiger partial charge in [0, 0.05) is 24.0 Å². The van der Waals surface area contributed by atoms with E-state index in [1.807, 2.05) is 54.6 Å². The third-order valence-electron chi connectivity index (χ3n) is 4.82. The number of hydrogen-bond acceptors (Lipinski definition) is 5. The van der Waals surface area contributed by atoms with Crippen molar-refractivity contribution in [3.8, 4) is 22.5 Å². The SMILES string of the molecule is C(#Cc1ccc(-c2nc(N3CCOCC3)c3ccccc3n2)s1)c1ccccc1. The lowest BCUT2D eigenvalue weighted by atomic mass is 10.2. The molecular weight excluding hydrogens is 378 g/mol. The minimum atomic E-state index is 0.728. The first-order valence-electron chi connectivity index (χ1n) is 9.63. The number of aromatic nitrogens is 2. The second-order valence-corrected chi connectivity index (χ2v) is 7.85. The summed E-state index contributed by atoms with van der Waals surface area (Å²) in [6, 6.07) is 22.3. The van der Waals surface area contributed by atoms with Crippen molar-refractivity contribution >= 4 is 28.1 Å². The van der Waals surface area contributed by atoms with Crippen molar-refractivity contribution in [2.24, 2.45) is 0 Å². The van der Waals surface area contributed by atoms with Crippen LogP contribution in [0.5, 0.6) is 0 Å². The van der Waals surface area contributed by atoms with Gasteiger partial charge in [0.2, 0.25) is 0 Å². The highest BCUT2D eigenvalue weighted by Crippen LogP contribution is 2.31. The molecule has 1 aliphatic rings. The van der Waals surface area contributed by atoms with Crippen molar-refractivity contribution in [2.75, 3.05) is 31.2 Å². The maximum Gasteiger partial charge on any atom is 0.172 e. The van der Waals surface area contributed by atoms with Gasteiger partial charge in [0.15, 0.2) is 5.82 Å². The number of benzene rings is 2. The van der Waals surface area contributed by atoms with Crippen LogP contribution in [0.2, 0.25) is 0 Å². The highest BCUT2D eigenvalue weighted by molar-refractivity contribution is 7.15. The van der Waals surface area contributed by atoms with E-state index in [0.717, 1.165) is 64.2 Å². The molecule has 5 rings (SSSR count). The minimum absolute atomic E-state index is 0.728. The van der Waals surface area contributed by atoms with Crippen molar-refractivity contribution < 1.29 is 4.74 Å². The third-order valence-corrected chi connectivity index (χ3v) is 5.82. The van der Waals surface area contributed by atoms with Crippen LogP contribution in [0.4, 0.5) is 5.82 Å². The van der Waals surface area contributed by atoms with E-state index in [2.05, 4.69) is 28.9 Å². The molecule has 0 atom stereocenters. The number of para-hydroxylation sites is 1. The van der Waals surface area contributed by atoms with Gasteiger partial charge in [0.1, 0.15) is 5.82 Å². The molecular formula is C24H19N3OS. The zero-order valence-corrected chi connectivity index (χ0v) is 16.7. The van der Waals surface area contributed by atoms with Gasteiger partial charge >= 0.3 is 0 Å². The lowest BCUT2D eigenvalue weighted by molar-refractivity contribution is 0.122. The Morgan fingerprint density at radius 3 is 2.48 bits per heavy atom. The monoisotopic (exact) mass is 397 g/mol. The lowest BCUT2D eigenvalue weighted by Crippen LogP contribution is -2.37. The molecule has 0 spiro atoms. The maximum absolute atomic E-state index is 5.52. The highest BCUT2D eigenvalue weighted by Gasteiger charge is 2.18. The van der Waals surface area contributed by atoms with Gasteiger partial charge in [-0.15, -0.1) is 11.3 Å². The zero-order chi connectivity index (χ0) is 19.5. The van der Waals surface area contributed by atoms with E-state index in [1.165, 1.54) is 0 Å². The standard InChI is InChI=1S/C24H19N3OS/c1-2-6-18(7-3-1)10-11-19-12-13-22(29-19)23-25-21-9-5-4-8-20(21)24(26-23)27-14-16-28-17-15-27/h1-9,12-13H,14-17H2. The number of thiophene rings is 1. The molecule has 2 aromatic carbocycles. The lowest BCUT2D eigenvalue weighted by Gasteiger charge is -2.28. The molecule has 0 radical (unpaired) electrons. The summed E-state index contributed by atoms with van der Waals surface area (Å²) in [7, 11) is 0. The molecule has 0 amide bonds. The molecule has 2 aromatic heterocycles. The highest BCUT2D eigenvalue weighted by atomic mass is 32.1. The van der Waals surface area contributed by atoms with Crippen molar-refractivity contribution in [1.82, 2.24) is 9.97 Å². The molecule has 0 saturated carbocycles. The van der Waals surface area contributed by atoms with Crippen LogP contribution in [-0.2, 0) is 4.74 Å². The largest absolute Gasteiger partial charge is 0.378 e. The molecule has 3 heterocycles. The molecule has 4 nitrogen and oxygen atoms in total. The Labute approximate surface area is 173 Å². The van der Waals surface area contributed by atoms with Crippen molar-refractivity contribution in [3.05, 3.63) is 77.2 Å². The summed E-state index contributed by atoms with van der Waals surface area (Å²) in [5.74, 6) is 8.21. The number of ether oxygens (including phenoxy) is 1. The van der Waals surface area contributed by atoms with E-state index in [0.29, 0.717) is 0 Å². The Morgan fingerprint density at radius 2 is 1.62 bits per heavy atom. The number of morpholine rings is 1. The number of anilines is 1. The summed E-state index contributed by atoms with van der Waals surface area (Å²) in [5, 5.41) is 1.08. The topological polar surface area (TPSA) is 38.2 Å². The van der Waals surface area contributed by atoms with Crippen LogP contribution in [0, 0.1) is 11.8 Å². The second kappa shape index (κ2) is 8.04. The van der Waals surface area contributed by atoms with E-state index >= 15 is 0 Å². The van der Waals surface area contributed by atoms with Gasteiger partial charge in [0.25, 0.3) is 0 Å². The molecule has 1 fully saturated rings. The van der Waals surface area contributed by atoms with Crippen LogP contribution in [0.25, 0.3) is 21.6 Å². The predicted octanol–water partition coefficient (Wildman–Crippen LogP) is 4.59. The quantitative estimate of drug-likeness (QED) is 0.464. The summed E-state index contributed by atoms with van der Waals surface area (Å²) in [6.45, 7) is 3.15. The molecule has 0 aliphatic carbocycles. The third kappa shape index (κ3) is 3.86. The van der Waals surface area contributed by atoms with E-state index in [1.54, 1.807) is 11.3 Å². The second-order valence-electron chi connectivity index (χ2n) is 6.77. The van der Waals surface area contributed by atoms with E-state index in [-0.39, 0.29) is 0 Å². The number of rotatable bonds is 2. The Hall–Kier alpha value is -3.20. The van der Waals surface area contributed by atoms with Gasteiger partial charge in [0.05, 0.1) is 28.5 Å². The van der Waals surface area contributed by atoms with Crippen LogP contribution in [-0.4, -0.2) is 36.3 Å². The molecule has 0 unspecified atom stereocenters. The first-order valence-corrected chi connectivity index (χ1v) is 10.5. The van der Waals surface area contributed by atoms with Crippen LogP contribution in [0.15, 0.2) is 66.7 Å². The van der Waals surface area contributed by atoms with Crippen LogP contribution in [0.3, 0.4) is 0 Å². The summed E-state index contributed by atoms with van der Waals surface area (Å²) < 4.78 is 5.52. The van der Waals surface area contributed by atoms with Crippen LogP contribution >= 0.6 is 11.3 Å². The maximum atomic E-state index is 5.52. The summed E-state index contributed by atoms with van der Waals surface area (Å²) in [5.41, 5.74) is 1.98. The predicted molar refractivity (Wildman–Crippen MR) is 118 cm³/mol. The van der Waals surface area contributed by atoms with E-state index in [4.69, 9.17) is 14.7 Å². The minimum Gasteiger partial charge on any atom is -0.378 e. The van der Waals surface area contributed by atoms with Crippen LogP contribution in [0.1, 0.15) is 10.4 Å². The molecule has 4 aromatic rings. The number of fused-ring (bicyclic) bond motifs is 1. The Morgan fingerprint density at radius 1 is 0.828 bits per heavy atom. The Bertz CT molecular complexity index is 1200. The van der Waals surface area contributed by atoms with Gasteiger partial charge < -0.3 is 9.64 Å². The number of nitrogens with zero attached hydrogens (tertiary/aromatic N) is 3. The van der Waals surface area contributed by atoms with Crippen LogP contribution < -0.4 is 4.90 Å². The van der Waals surface area contributed by atoms with E-state index in [9.17, 15) is 0 Å². The average molecular weight is 398 g/mol. The fraction of sp³-hybridized carbons (Fsp3) is 0.167. The molecule has 142 valence electrons. The van der Waals surface area contributed by atoms with Gasteiger partial charge in [-0.05, 0) is 36.4 Å². The fourth-order valence-electron chi connectivity index (χ4n) is 3.37. The molecule has 0 bridgehead atoms. The molecule has 0 N–H and O–H groups in total. The fourth-order valence-corrected chi connectivity index (χ4v) is 4.16. The normalized spacial score (nSPS) is 13.9. The van der Waals surface area contributed by atoms with Gasteiger partial charge in [-0.2, -0.15) is 0 Å². The molecule has 29 heavy (non-hydrogen) atoms. The average Bonchev–Trinajstić information content (AvgIpc) is 3.27. The zero-order valence-electron chi connectivity index (χ0n) is 15.8. The van der Waals surface area contributed by atoms with Gasteiger partial charge in [-0.1, -0.05) is 42.2 Å². The smallest absolute Gasteiger partial charge is 0.172 e. The first-order chi connectivity index (χ1) is 14.4. The summed E-state index contributed by atoms with van der Waals surface area (Å²) in [4.78, 5) is 14.1. The van der Waals surface area contributed by atoms with Crippen molar-refractivity contribution in [2.45, 2.75) is 0 Å². The van der Waals surface area contributed by atoms with Crippen molar-refractivity contribution in [1.29, 1.82) is 0 Å². The summed E-state index contributed by atoms with van der Waals surface area (Å²) >= 11 is 1.63. The number of hydrogen-bond donors (Lipinski definition) is 0. The summed E-state index contributed by atoms with van der Waals surface area (Å²) in [6.07, 6.45) is 0. The molecule has 5 heteroatoms. The first kappa shape index (κ1) is 17.9. The Kier molecular flexibility index (Phi) is 4.95. The Balaban J connectivity index is 1.52. The van der Waals surface area contributed by atoms with Crippen molar-refractivity contribution in [3.63, 3.8) is 0 Å². The van der Waals surface area contributed by atoms with Gasteiger partial charge in [-0.25, -0.2) is 9.97 Å². The van der Waals surface area contributed by atoms with Gasteiger partial charge in [-0.3, -0.25) is 0 Å². The molecule has 1 aliphatic heterocycles. The van der Waals surface area contributed by atoms with E-state index < -0.39 is 0 Å². The molecule has 1 saturated heterocycles.